The standard InChI is InChI=1S/C24H19F2N5O2/c1-33-20-10-15(17-5-4-16(25)11-19(17)26)9-18-22(20)29-23(14-3-2-6-27-12-14)30-24(18)31-8-7-28-21(32)13-31/h2-6,9-12H,7-8,13H2,1H3,(H,28,32). The van der Waals surface area contributed by atoms with E-state index < -0.39 is 11.6 Å². The first kappa shape index (κ1) is 20.7. The number of anilines is 1. The van der Waals surface area contributed by atoms with E-state index in [9.17, 15) is 13.6 Å². The lowest BCUT2D eigenvalue weighted by Crippen LogP contribution is -2.48. The summed E-state index contributed by atoms with van der Waals surface area (Å²) >= 11 is 0. The Morgan fingerprint density at radius 2 is 1.97 bits per heavy atom. The lowest BCUT2D eigenvalue weighted by molar-refractivity contribution is -0.120. The number of carbonyl (C=O) groups is 1. The molecule has 1 fully saturated rings. The number of hydrogen-bond donors (Lipinski definition) is 1. The maximum absolute atomic E-state index is 14.6. The lowest BCUT2D eigenvalue weighted by Gasteiger charge is -2.29. The number of aromatic nitrogens is 3. The molecule has 33 heavy (non-hydrogen) atoms. The molecule has 1 N–H and O–H groups in total. The number of rotatable bonds is 4. The Hall–Kier alpha value is -4.14. The minimum atomic E-state index is -0.691. The topological polar surface area (TPSA) is 80.2 Å². The number of amides is 1. The van der Waals surface area contributed by atoms with Crippen LogP contribution in [0.25, 0.3) is 33.4 Å². The second-order valence-electron chi connectivity index (χ2n) is 7.58. The number of hydrogen-bond acceptors (Lipinski definition) is 6. The van der Waals surface area contributed by atoms with Gasteiger partial charge >= 0.3 is 0 Å². The van der Waals surface area contributed by atoms with Crippen molar-refractivity contribution >= 4 is 22.6 Å². The highest BCUT2D eigenvalue weighted by molar-refractivity contribution is 5.99. The van der Waals surface area contributed by atoms with E-state index in [1.807, 2.05) is 11.0 Å². The van der Waals surface area contributed by atoms with Crippen molar-refractivity contribution in [3.63, 3.8) is 0 Å². The molecule has 0 spiro atoms. The first-order chi connectivity index (χ1) is 16.0. The van der Waals surface area contributed by atoms with Gasteiger partial charge in [0.15, 0.2) is 5.82 Å². The van der Waals surface area contributed by atoms with E-state index in [2.05, 4.69) is 10.3 Å². The third-order valence-corrected chi connectivity index (χ3v) is 5.47. The van der Waals surface area contributed by atoms with Gasteiger partial charge in [0.05, 0.1) is 13.7 Å². The third kappa shape index (κ3) is 3.93. The largest absolute Gasteiger partial charge is 0.494 e. The zero-order chi connectivity index (χ0) is 22.9. The molecule has 5 rings (SSSR count). The number of nitrogens with zero attached hydrogens (tertiary/aromatic N) is 4. The predicted molar refractivity (Wildman–Crippen MR) is 120 cm³/mol. The van der Waals surface area contributed by atoms with Gasteiger partial charge in [-0.1, -0.05) is 0 Å². The summed E-state index contributed by atoms with van der Waals surface area (Å²) in [6.07, 6.45) is 3.31. The van der Waals surface area contributed by atoms with Crippen LogP contribution in [0.1, 0.15) is 0 Å². The van der Waals surface area contributed by atoms with Gasteiger partial charge in [0.25, 0.3) is 0 Å². The molecule has 4 aromatic rings. The molecule has 1 aliphatic rings. The number of pyridine rings is 1. The Morgan fingerprint density at radius 1 is 1.09 bits per heavy atom. The van der Waals surface area contributed by atoms with Gasteiger partial charge in [0.1, 0.15) is 28.7 Å². The molecule has 1 saturated heterocycles. The monoisotopic (exact) mass is 447 g/mol. The number of benzene rings is 2. The smallest absolute Gasteiger partial charge is 0.239 e. The first-order valence-corrected chi connectivity index (χ1v) is 10.3. The van der Waals surface area contributed by atoms with E-state index in [1.54, 1.807) is 30.6 Å². The quantitative estimate of drug-likeness (QED) is 0.515. The molecular weight excluding hydrogens is 428 g/mol. The number of piperazine rings is 1. The van der Waals surface area contributed by atoms with Gasteiger partial charge in [-0.2, -0.15) is 0 Å². The molecule has 2 aromatic heterocycles. The van der Waals surface area contributed by atoms with Crippen molar-refractivity contribution in [2.45, 2.75) is 0 Å². The minimum absolute atomic E-state index is 0.121. The van der Waals surface area contributed by atoms with Crippen LogP contribution in [0.3, 0.4) is 0 Å². The molecule has 0 saturated carbocycles. The summed E-state index contributed by atoms with van der Waals surface area (Å²) in [5, 5.41) is 3.40. The van der Waals surface area contributed by atoms with Gasteiger partial charge in [-0.05, 0) is 42.0 Å². The van der Waals surface area contributed by atoms with Crippen LogP contribution in [-0.2, 0) is 4.79 Å². The number of halogens is 2. The molecule has 0 atom stereocenters. The molecule has 166 valence electrons. The van der Waals surface area contributed by atoms with Crippen LogP contribution >= 0.6 is 0 Å². The van der Waals surface area contributed by atoms with E-state index in [-0.39, 0.29) is 18.0 Å². The van der Waals surface area contributed by atoms with E-state index in [0.717, 1.165) is 6.07 Å². The number of nitrogens with one attached hydrogen (secondary N) is 1. The fraction of sp³-hybridized carbons (Fsp3) is 0.167. The normalized spacial score (nSPS) is 13.8. The fourth-order valence-corrected chi connectivity index (χ4v) is 3.90. The fourth-order valence-electron chi connectivity index (χ4n) is 3.90. The van der Waals surface area contributed by atoms with Crippen molar-refractivity contribution in [3.05, 3.63) is 66.5 Å². The van der Waals surface area contributed by atoms with Crippen LogP contribution in [0.2, 0.25) is 0 Å². The molecule has 0 radical (unpaired) electrons. The van der Waals surface area contributed by atoms with Gasteiger partial charge in [0.2, 0.25) is 5.91 Å². The summed E-state index contributed by atoms with van der Waals surface area (Å²) in [5.41, 5.74) is 1.92. The first-order valence-electron chi connectivity index (χ1n) is 10.3. The molecule has 2 aromatic carbocycles. The Balaban J connectivity index is 1.78. The SMILES string of the molecule is COc1cc(-c2ccc(F)cc2F)cc2c(N3CCNC(=O)C3)nc(-c3cccnc3)nc12. The molecule has 9 heteroatoms. The van der Waals surface area contributed by atoms with Crippen molar-refractivity contribution in [2.24, 2.45) is 0 Å². The summed E-state index contributed by atoms with van der Waals surface area (Å²) in [7, 11) is 1.50. The van der Waals surface area contributed by atoms with Gasteiger partial charge in [-0.25, -0.2) is 18.7 Å². The number of ether oxygens (including phenoxy) is 1. The second-order valence-corrected chi connectivity index (χ2v) is 7.58. The van der Waals surface area contributed by atoms with Crippen molar-refractivity contribution < 1.29 is 18.3 Å². The summed E-state index contributed by atoms with van der Waals surface area (Å²) < 4.78 is 33.7. The molecule has 7 nitrogen and oxygen atoms in total. The van der Waals surface area contributed by atoms with Crippen LogP contribution in [0.4, 0.5) is 14.6 Å². The van der Waals surface area contributed by atoms with E-state index in [1.165, 1.54) is 19.2 Å². The van der Waals surface area contributed by atoms with Crippen LogP contribution in [0, 0.1) is 11.6 Å². The van der Waals surface area contributed by atoms with E-state index in [4.69, 9.17) is 14.7 Å². The lowest BCUT2D eigenvalue weighted by atomic mass is 10.0. The predicted octanol–water partition coefficient (Wildman–Crippen LogP) is 3.58. The molecular formula is C24H19F2N5O2. The van der Waals surface area contributed by atoms with E-state index >= 15 is 0 Å². The van der Waals surface area contributed by atoms with Gasteiger partial charge in [0, 0.05) is 48.1 Å². The van der Waals surface area contributed by atoms with Crippen LogP contribution in [-0.4, -0.2) is 47.6 Å². The highest BCUT2D eigenvalue weighted by Crippen LogP contribution is 2.38. The van der Waals surface area contributed by atoms with Crippen LogP contribution in [0.15, 0.2) is 54.9 Å². The average molecular weight is 447 g/mol. The Morgan fingerprint density at radius 3 is 2.70 bits per heavy atom. The van der Waals surface area contributed by atoms with Crippen molar-refractivity contribution in [3.8, 4) is 28.3 Å². The van der Waals surface area contributed by atoms with Crippen LogP contribution < -0.4 is 15.0 Å². The Bertz CT molecular complexity index is 1360. The van der Waals surface area contributed by atoms with Crippen LogP contribution in [0.5, 0.6) is 5.75 Å². The van der Waals surface area contributed by atoms with Gasteiger partial charge < -0.3 is 15.0 Å². The molecule has 0 bridgehead atoms. The van der Waals surface area contributed by atoms with Crippen molar-refractivity contribution in [1.29, 1.82) is 0 Å². The summed E-state index contributed by atoms with van der Waals surface area (Å²) in [6, 6.07) is 10.4. The summed E-state index contributed by atoms with van der Waals surface area (Å²) in [6.45, 7) is 1.13. The zero-order valence-electron chi connectivity index (χ0n) is 17.7. The van der Waals surface area contributed by atoms with Gasteiger partial charge in [-0.3, -0.25) is 9.78 Å². The molecule has 1 aliphatic heterocycles. The number of carbonyl (C=O) groups excluding carboxylic acids is 1. The maximum Gasteiger partial charge on any atom is 0.239 e. The summed E-state index contributed by atoms with van der Waals surface area (Å²) in [4.78, 5) is 27.6. The van der Waals surface area contributed by atoms with Gasteiger partial charge in [-0.15, -0.1) is 0 Å². The highest BCUT2D eigenvalue weighted by Gasteiger charge is 2.24. The second kappa shape index (κ2) is 8.42. The number of fused-ring (bicyclic) bond motifs is 1. The molecule has 0 aliphatic carbocycles. The Labute approximate surface area is 188 Å². The van der Waals surface area contributed by atoms with Crippen molar-refractivity contribution in [2.75, 3.05) is 31.6 Å². The van der Waals surface area contributed by atoms with E-state index in [0.29, 0.717) is 52.5 Å². The zero-order valence-corrected chi connectivity index (χ0v) is 17.7. The highest BCUT2D eigenvalue weighted by atomic mass is 19.1. The maximum atomic E-state index is 14.6. The third-order valence-electron chi connectivity index (χ3n) is 5.47. The summed E-state index contributed by atoms with van der Waals surface area (Å²) in [5.74, 6) is -0.117. The average Bonchev–Trinajstić information content (AvgIpc) is 2.83. The molecule has 3 heterocycles. The molecule has 0 unspecified atom stereocenters. The molecule has 1 amide bonds. The van der Waals surface area contributed by atoms with Crippen molar-refractivity contribution in [1.82, 2.24) is 20.3 Å². The number of methoxy groups -OCH3 is 1. The Kier molecular flexibility index (Phi) is 5.29. The minimum Gasteiger partial charge on any atom is -0.494 e.